The lowest BCUT2D eigenvalue weighted by atomic mass is 9.94. The van der Waals surface area contributed by atoms with E-state index < -0.39 is 0 Å². The molecule has 2 aliphatic rings. The Hall–Kier alpha value is -2.17. The van der Waals surface area contributed by atoms with Gasteiger partial charge in [0.2, 0.25) is 0 Å². The molecule has 1 saturated carbocycles. The molecule has 0 N–H and O–H groups in total. The molecule has 5 heteroatoms. The molecule has 25 heavy (non-hydrogen) atoms. The number of rotatable bonds is 5. The predicted molar refractivity (Wildman–Crippen MR) is 96.3 cm³/mol. The van der Waals surface area contributed by atoms with Crippen LogP contribution >= 0.6 is 0 Å². The number of carbonyl (C=O) groups excluding carboxylic acids is 1. The van der Waals surface area contributed by atoms with Crippen molar-refractivity contribution >= 4 is 5.91 Å². The van der Waals surface area contributed by atoms with Crippen LogP contribution in [0.2, 0.25) is 0 Å². The highest BCUT2D eigenvalue weighted by Crippen LogP contribution is 2.32. The smallest absolute Gasteiger partial charge is 0.253 e. The predicted octanol–water partition coefficient (Wildman–Crippen LogP) is 3.09. The molecule has 132 valence electrons. The number of likely N-dealkylation sites (tertiary alicyclic amines) is 1. The monoisotopic (exact) mass is 338 g/mol. The van der Waals surface area contributed by atoms with Crippen molar-refractivity contribution in [1.29, 1.82) is 0 Å². The van der Waals surface area contributed by atoms with Crippen LogP contribution < -0.4 is 0 Å². The summed E-state index contributed by atoms with van der Waals surface area (Å²) in [7, 11) is 0. The van der Waals surface area contributed by atoms with Gasteiger partial charge in [0.15, 0.2) is 0 Å². The molecule has 1 saturated heterocycles. The summed E-state index contributed by atoms with van der Waals surface area (Å²) in [5.41, 5.74) is 2.00. The average Bonchev–Trinajstić information content (AvgIpc) is 3.41. The van der Waals surface area contributed by atoms with Crippen LogP contribution in [-0.2, 0) is 13.0 Å². The lowest BCUT2D eigenvalue weighted by Gasteiger charge is -2.33. The van der Waals surface area contributed by atoms with Crippen molar-refractivity contribution in [2.75, 3.05) is 13.1 Å². The zero-order chi connectivity index (χ0) is 17.2. The Balaban J connectivity index is 1.42. The summed E-state index contributed by atoms with van der Waals surface area (Å²) in [6.45, 7) is 4.95. The van der Waals surface area contributed by atoms with Crippen LogP contribution in [0.15, 0.2) is 30.7 Å². The second kappa shape index (κ2) is 6.98. The summed E-state index contributed by atoms with van der Waals surface area (Å²) in [5, 5.41) is 0. The molecule has 3 heterocycles. The minimum absolute atomic E-state index is 0.129. The highest BCUT2D eigenvalue weighted by Gasteiger charge is 2.27. The maximum Gasteiger partial charge on any atom is 0.253 e. The molecule has 1 aliphatic carbocycles. The number of aromatic nitrogens is 3. The van der Waals surface area contributed by atoms with Gasteiger partial charge in [0.1, 0.15) is 5.82 Å². The van der Waals surface area contributed by atoms with E-state index in [0.717, 1.165) is 44.0 Å². The second-order valence-corrected chi connectivity index (χ2v) is 7.57. The number of imidazole rings is 1. The highest BCUT2D eigenvalue weighted by molar-refractivity contribution is 5.94. The van der Waals surface area contributed by atoms with Gasteiger partial charge in [0.05, 0.1) is 0 Å². The fraction of sp³-hybridized carbons (Fsp3) is 0.550. The molecule has 0 spiro atoms. The SMILES string of the molecule is Cc1cnc(CC2CCCN(C(=O)c3ccncc3)C2)n1CC1CC1. The third kappa shape index (κ3) is 3.75. The third-order valence-electron chi connectivity index (χ3n) is 5.48. The van der Waals surface area contributed by atoms with Crippen molar-refractivity contribution in [3.8, 4) is 0 Å². The standard InChI is InChI=1S/C20H26N4O/c1-15-12-22-19(24(15)14-16-4-5-16)11-17-3-2-10-23(13-17)20(25)18-6-8-21-9-7-18/h6-9,12,16-17H,2-5,10-11,13-14H2,1H3. The molecule has 0 radical (unpaired) electrons. The van der Waals surface area contributed by atoms with Crippen LogP contribution in [0, 0.1) is 18.8 Å². The Morgan fingerprint density at radius 3 is 2.76 bits per heavy atom. The molecular formula is C20H26N4O. The summed E-state index contributed by atoms with van der Waals surface area (Å²) in [6.07, 6.45) is 11.3. The minimum Gasteiger partial charge on any atom is -0.338 e. The van der Waals surface area contributed by atoms with Crippen LogP contribution in [0.5, 0.6) is 0 Å². The first-order valence-electron chi connectivity index (χ1n) is 9.41. The minimum atomic E-state index is 0.129. The first-order chi connectivity index (χ1) is 12.2. The molecule has 1 atom stereocenters. The molecule has 0 bridgehead atoms. The summed E-state index contributed by atoms with van der Waals surface area (Å²) in [4.78, 5) is 23.4. The number of carbonyl (C=O) groups is 1. The average molecular weight is 338 g/mol. The molecule has 2 fully saturated rings. The number of hydrogen-bond acceptors (Lipinski definition) is 3. The Morgan fingerprint density at radius 1 is 1.20 bits per heavy atom. The van der Waals surface area contributed by atoms with Crippen molar-refractivity contribution in [3.63, 3.8) is 0 Å². The van der Waals surface area contributed by atoms with E-state index in [4.69, 9.17) is 0 Å². The van der Waals surface area contributed by atoms with Gasteiger partial charge < -0.3 is 9.47 Å². The van der Waals surface area contributed by atoms with E-state index in [1.807, 2.05) is 11.1 Å². The maximum absolute atomic E-state index is 12.7. The molecule has 2 aromatic rings. The Morgan fingerprint density at radius 2 is 2.00 bits per heavy atom. The van der Waals surface area contributed by atoms with Gasteiger partial charge in [0.25, 0.3) is 5.91 Å². The number of pyridine rings is 1. The summed E-state index contributed by atoms with van der Waals surface area (Å²) < 4.78 is 2.40. The number of nitrogens with zero attached hydrogens (tertiary/aromatic N) is 4. The molecule has 4 rings (SSSR count). The molecule has 2 aromatic heterocycles. The lowest BCUT2D eigenvalue weighted by Crippen LogP contribution is -2.40. The normalized spacial score (nSPS) is 20.7. The van der Waals surface area contributed by atoms with E-state index in [-0.39, 0.29) is 5.91 Å². The first kappa shape index (κ1) is 16.3. The number of hydrogen-bond donors (Lipinski definition) is 0. The summed E-state index contributed by atoms with van der Waals surface area (Å²) in [5.74, 6) is 2.68. The summed E-state index contributed by atoms with van der Waals surface area (Å²) in [6, 6.07) is 3.61. The van der Waals surface area contributed by atoms with Gasteiger partial charge in [-0.1, -0.05) is 0 Å². The van der Waals surface area contributed by atoms with Crippen molar-refractivity contribution < 1.29 is 4.79 Å². The molecule has 1 aliphatic heterocycles. The first-order valence-corrected chi connectivity index (χ1v) is 9.41. The van der Waals surface area contributed by atoms with E-state index in [2.05, 4.69) is 21.5 Å². The second-order valence-electron chi connectivity index (χ2n) is 7.57. The van der Waals surface area contributed by atoms with Crippen LogP contribution in [0.25, 0.3) is 0 Å². The van der Waals surface area contributed by atoms with E-state index in [9.17, 15) is 4.79 Å². The van der Waals surface area contributed by atoms with E-state index in [1.54, 1.807) is 24.5 Å². The zero-order valence-electron chi connectivity index (χ0n) is 14.9. The van der Waals surface area contributed by atoms with Crippen LogP contribution in [0.1, 0.15) is 47.6 Å². The van der Waals surface area contributed by atoms with Gasteiger partial charge in [-0.3, -0.25) is 9.78 Å². The Labute approximate surface area is 149 Å². The van der Waals surface area contributed by atoms with Gasteiger partial charge >= 0.3 is 0 Å². The van der Waals surface area contributed by atoms with Crippen LogP contribution in [-0.4, -0.2) is 38.4 Å². The van der Waals surface area contributed by atoms with Crippen LogP contribution in [0.3, 0.4) is 0 Å². The third-order valence-corrected chi connectivity index (χ3v) is 5.48. The summed E-state index contributed by atoms with van der Waals surface area (Å²) >= 11 is 0. The van der Waals surface area contributed by atoms with Gasteiger partial charge in [0, 0.05) is 55.9 Å². The Kier molecular flexibility index (Phi) is 4.55. The largest absolute Gasteiger partial charge is 0.338 e. The maximum atomic E-state index is 12.7. The number of aryl methyl sites for hydroxylation is 1. The highest BCUT2D eigenvalue weighted by atomic mass is 16.2. The van der Waals surface area contributed by atoms with Crippen molar-refractivity contribution in [2.45, 2.75) is 45.6 Å². The zero-order valence-corrected chi connectivity index (χ0v) is 14.9. The fourth-order valence-electron chi connectivity index (χ4n) is 3.83. The quantitative estimate of drug-likeness (QED) is 0.842. The molecule has 1 amide bonds. The van der Waals surface area contributed by atoms with Gasteiger partial charge in [-0.2, -0.15) is 0 Å². The lowest BCUT2D eigenvalue weighted by molar-refractivity contribution is 0.0671. The van der Waals surface area contributed by atoms with Crippen molar-refractivity contribution in [1.82, 2.24) is 19.4 Å². The molecule has 1 unspecified atom stereocenters. The molecule has 5 nitrogen and oxygen atoms in total. The number of amides is 1. The van der Waals surface area contributed by atoms with Gasteiger partial charge in [-0.25, -0.2) is 4.98 Å². The van der Waals surface area contributed by atoms with E-state index in [0.29, 0.717) is 5.92 Å². The van der Waals surface area contributed by atoms with E-state index >= 15 is 0 Å². The fourth-order valence-corrected chi connectivity index (χ4v) is 3.83. The molecular weight excluding hydrogens is 312 g/mol. The van der Waals surface area contributed by atoms with Crippen molar-refractivity contribution in [2.24, 2.45) is 11.8 Å². The van der Waals surface area contributed by atoms with Gasteiger partial charge in [-0.05, 0) is 56.6 Å². The van der Waals surface area contributed by atoms with Crippen LogP contribution in [0.4, 0.5) is 0 Å². The van der Waals surface area contributed by atoms with Crippen molar-refractivity contribution in [3.05, 3.63) is 47.8 Å². The van der Waals surface area contributed by atoms with Gasteiger partial charge in [-0.15, -0.1) is 0 Å². The molecule has 0 aromatic carbocycles. The van der Waals surface area contributed by atoms with E-state index in [1.165, 1.54) is 30.8 Å². The topological polar surface area (TPSA) is 51.0 Å². The number of piperidine rings is 1. The Bertz CT molecular complexity index is 735.